The van der Waals surface area contributed by atoms with Crippen molar-refractivity contribution < 1.29 is 19.1 Å². The Balaban J connectivity index is 2.01. The number of rotatable bonds is 6. The number of nitrogens with zero attached hydrogens (tertiary/aromatic N) is 2. The van der Waals surface area contributed by atoms with Crippen LogP contribution in [0.15, 0.2) is 30.0 Å². The van der Waals surface area contributed by atoms with Crippen molar-refractivity contribution in [3.05, 3.63) is 35.5 Å². The Morgan fingerprint density at radius 3 is 2.56 bits per heavy atom. The number of imide groups is 1. The molecule has 1 aliphatic rings. The average Bonchev–Trinajstić information content (AvgIpc) is 2.55. The first-order valence-electron chi connectivity index (χ1n) is 8.08. The van der Waals surface area contributed by atoms with Crippen LogP contribution >= 0.6 is 0 Å². The molecule has 134 valence electrons. The quantitative estimate of drug-likeness (QED) is 0.611. The standard InChI is InChI=1S/C18H23N3O4/c1-13(22)21-12-17(23)19-16(18(21)24)11-14-5-7-15(8-6-14)25-10-4-9-20(2)3/h5-8,11H,4,9-10,12H2,1-3H3,(H,19,23). The lowest BCUT2D eigenvalue weighted by molar-refractivity contribution is -0.147. The van der Waals surface area contributed by atoms with E-state index >= 15 is 0 Å². The molecule has 0 atom stereocenters. The van der Waals surface area contributed by atoms with Crippen molar-refractivity contribution in [2.75, 3.05) is 33.8 Å². The highest BCUT2D eigenvalue weighted by atomic mass is 16.5. The molecule has 0 aromatic heterocycles. The molecule has 0 aliphatic carbocycles. The SMILES string of the molecule is CC(=O)N1CC(=O)NC(=Cc2ccc(OCCCN(C)C)cc2)C1=O. The Hall–Kier alpha value is -2.67. The van der Waals surface area contributed by atoms with E-state index in [0.29, 0.717) is 6.61 Å². The molecule has 25 heavy (non-hydrogen) atoms. The molecule has 0 spiro atoms. The van der Waals surface area contributed by atoms with Gasteiger partial charge in [-0.15, -0.1) is 0 Å². The normalized spacial score (nSPS) is 16.3. The van der Waals surface area contributed by atoms with Crippen molar-refractivity contribution in [2.24, 2.45) is 0 Å². The number of carbonyl (C=O) groups is 3. The summed E-state index contributed by atoms with van der Waals surface area (Å²) in [5.41, 5.74) is 0.820. The van der Waals surface area contributed by atoms with Crippen LogP contribution in [0.4, 0.5) is 0 Å². The van der Waals surface area contributed by atoms with Gasteiger partial charge in [0.2, 0.25) is 11.8 Å². The summed E-state index contributed by atoms with van der Waals surface area (Å²) in [5.74, 6) is -0.601. The second-order valence-corrected chi connectivity index (χ2v) is 6.09. The molecule has 0 saturated carbocycles. The number of benzene rings is 1. The van der Waals surface area contributed by atoms with Crippen LogP contribution < -0.4 is 10.1 Å². The maximum Gasteiger partial charge on any atom is 0.277 e. The summed E-state index contributed by atoms with van der Waals surface area (Å²) in [5, 5.41) is 2.51. The maximum absolute atomic E-state index is 12.2. The number of carbonyl (C=O) groups excluding carboxylic acids is 3. The second-order valence-electron chi connectivity index (χ2n) is 6.09. The van der Waals surface area contributed by atoms with Crippen LogP contribution in [0.2, 0.25) is 0 Å². The molecule has 0 unspecified atom stereocenters. The third-order valence-corrected chi connectivity index (χ3v) is 3.64. The van der Waals surface area contributed by atoms with E-state index < -0.39 is 11.8 Å². The first-order valence-corrected chi connectivity index (χ1v) is 8.08. The summed E-state index contributed by atoms with van der Waals surface area (Å²) < 4.78 is 5.65. The first kappa shape index (κ1) is 18.7. The number of amides is 3. The van der Waals surface area contributed by atoms with E-state index in [1.807, 2.05) is 14.1 Å². The summed E-state index contributed by atoms with van der Waals surface area (Å²) in [6.45, 7) is 2.60. The van der Waals surface area contributed by atoms with Crippen LogP contribution in [0, 0.1) is 0 Å². The molecule has 1 saturated heterocycles. The largest absolute Gasteiger partial charge is 0.494 e. The summed E-state index contributed by atoms with van der Waals surface area (Å²) in [4.78, 5) is 38.3. The fourth-order valence-electron chi connectivity index (χ4n) is 2.35. The van der Waals surface area contributed by atoms with Gasteiger partial charge in [0, 0.05) is 13.5 Å². The third kappa shape index (κ3) is 5.42. The maximum atomic E-state index is 12.2. The van der Waals surface area contributed by atoms with Crippen molar-refractivity contribution in [2.45, 2.75) is 13.3 Å². The van der Waals surface area contributed by atoms with Crippen LogP contribution in [0.25, 0.3) is 6.08 Å². The van der Waals surface area contributed by atoms with Gasteiger partial charge in [-0.25, -0.2) is 0 Å². The van der Waals surface area contributed by atoms with E-state index in [-0.39, 0.29) is 18.1 Å². The predicted molar refractivity (Wildman–Crippen MR) is 93.6 cm³/mol. The van der Waals surface area contributed by atoms with E-state index in [9.17, 15) is 14.4 Å². The zero-order chi connectivity index (χ0) is 18.4. The molecule has 1 aliphatic heterocycles. The lowest BCUT2D eigenvalue weighted by Crippen LogP contribution is -2.51. The Kier molecular flexibility index (Phi) is 6.30. The molecular formula is C18H23N3O4. The fourth-order valence-corrected chi connectivity index (χ4v) is 2.35. The lowest BCUT2D eigenvalue weighted by atomic mass is 10.1. The van der Waals surface area contributed by atoms with Crippen LogP contribution in [-0.4, -0.2) is 61.3 Å². The average molecular weight is 345 g/mol. The molecule has 1 aromatic rings. The summed E-state index contributed by atoms with van der Waals surface area (Å²) >= 11 is 0. The van der Waals surface area contributed by atoms with Gasteiger partial charge in [-0.1, -0.05) is 12.1 Å². The smallest absolute Gasteiger partial charge is 0.277 e. The highest BCUT2D eigenvalue weighted by Crippen LogP contribution is 2.16. The van der Waals surface area contributed by atoms with Crippen molar-refractivity contribution in [3.8, 4) is 5.75 Å². The van der Waals surface area contributed by atoms with E-state index in [4.69, 9.17) is 4.74 Å². The molecule has 7 heteroatoms. The monoisotopic (exact) mass is 345 g/mol. The molecular weight excluding hydrogens is 322 g/mol. The van der Waals surface area contributed by atoms with Crippen LogP contribution in [-0.2, 0) is 14.4 Å². The van der Waals surface area contributed by atoms with Crippen LogP contribution in [0.3, 0.4) is 0 Å². The zero-order valence-corrected chi connectivity index (χ0v) is 14.7. The number of piperazine rings is 1. The fraction of sp³-hybridized carbons (Fsp3) is 0.389. The molecule has 7 nitrogen and oxygen atoms in total. The number of nitrogens with one attached hydrogen (secondary N) is 1. The molecule has 3 amide bonds. The number of ether oxygens (including phenoxy) is 1. The first-order chi connectivity index (χ1) is 11.9. The van der Waals surface area contributed by atoms with Gasteiger partial charge >= 0.3 is 0 Å². The number of hydrogen-bond acceptors (Lipinski definition) is 5. The Morgan fingerprint density at radius 2 is 1.96 bits per heavy atom. The van der Waals surface area contributed by atoms with Gasteiger partial charge < -0.3 is 15.0 Å². The summed E-state index contributed by atoms with van der Waals surface area (Å²) in [6.07, 6.45) is 2.48. The van der Waals surface area contributed by atoms with Crippen LogP contribution in [0.1, 0.15) is 18.9 Å². The molecule has 0 radical (unpaired) electrons. The van der Waals surface area contributed by atoms with E-state index in [0.717, 1.165) is 29.2 Å². The lowest BCUT2D eigenvalue weighted by Gasteiger charge is -2.25. The Labute approximate surface area is 147 Å². The minimum absolute atomic E-state index is 0.0890. The van der Waals surface area contributed by atoms with Crippen LogP contribution in [0.5, 0.6) is 5.75 Å². The highest BCUT2D eigenvalue weighted by molar-refractivity contribution is 6.12. The van der Waals surface area contributed by atoms with E-state index in [2.05, 4.69) is 10.2 Å². The number of hydrogen-bond donors (Lipinski definition) is 1. The van der Waals surface area contributed by atoms with E-state index in [1.54, 1.807) is 30.3 Å². The molecule has 1 aromatic carbocycles. The zero-order valence-electron chi connectivity index (χ0n) is 14.7. The topological polar surface area (TPSA) is 79.0 Å². The molecule has 0 bridgehead atoms. The molecule has 1 N–H and O–H groups in total. The van der Waals surface area contributed by atoms with Gasteiger partial charge in [0.1, 0.15) is 18.0 Å². The van der Waals surface area contributed by atoms with Gasteiger partial charge in [0.05, 0.1) is 6.61 Å². The van der Waals surface area contributed by atoms with Gasteiger partial charge in [-0.05, 0) is 44.3 Å². The third-order valence-electron chi connectivity index (χ3n) is 3.64. The van der Waals surface area contributed by atoms with Crippen molar-refractivity contribution in [1.82, 2.24) is 15.1 Å². The summed E-state index contributed by atoms with van der Waals surface area (Å²) in [6, 6.07) is 7.20. The van der Waals surface area contributed by atoms with Crippen molar-refractivity contribution >= 4 is 23.8 Å². The predicted octanol–water partition coefficient (Wildman–Crippen LogP) is 0.863. The second kappa shape index (κ2) is 8.43. The van der Waals surface area contributed by atoms with Gasteiger partial charge in [0.25, 0.3) is 5.91 Å². The molecule has 1 heterocycles. The molecule has 1 fully saturated rings. The summed E-state index contributed by atoms with van der Waals surface area (Å²) in [7, 11) is 4.03. The van der Waals surface area contributed by atoms with Crippen molar-refractivity contribution in [3.63, 3.8) is 0 Å². The van der Waals surface area contributed by atoms with Gasteiger partial charge in [0.15, 0.2) is 0 Å². The Bertz CT molecular complexity index is 680. The van der Waals surface area contributed by atoms with Gasteiger partial charge in [-0.3, -0.25) is 19.3 Å². The van der Waals surface area contributed by atoms with E-state index in [1.165, 1.54) is 6.92 Å². The van der Waals surface area contributed by atoms with Crippen molar-refractivity contribution in [1.29, 1.82) is 0 Å². The highest BCUT2D eigenvalue weighted by Gasteiger charge is 2.30. The minimum Gasteiger partial charge on any atom is -0.494 e. The van der Waals surface area contributed by atoms with Gasteiger partial charge in [-0.2, -0.15) is 0 Å². The molecule has 2 rings (SSSR count). The minimum atomic E-state index is -0.504. The Morgan fingerprint density at radius 1 is 1.28 bits per heavy atom.